The summed E-state index contributed by atoms with van der Waals surface area (Å²) in [4.78, 5) is 0. The maximum atomic E-state index is 13.6. The van der Waals surface area contributed by atoms with Crippen LogP contribution < -0.4 is 0 Å². The van der Waals surface area contributed by atoms with Gasteiger partial charge in [0, 0.05) is 5.92 Å². The van der Waals surface area contributed by atoms with Crippen LogP contribution in [0.3, 0.4) is 0 Å². The van der Waals surface area contributed by atoms with Crippen LogP contribution in [0.2, 0.25) is 0 Å². The third-order valence-electron chi connectivity index (χ3n) is 3.92. The van der Waals surface area contributed by atoms with Gasteiger partial charge in [-0.2, -0.15) is 26.0 Å². The lowest BCUT2D eigenvalue weighted by molar-refractivity contribution is -0.202. The highest BCUT2D eigenvalue weighted by atomic mass is 32.2. The maximum absolute atomic E-state index is 13.6. The Morgan fingerprint density at radius 3 is 2.00 bits per heavy atom. The molecule has 0 spiro atoms. The molecule has 2 rings (SSSR count). The van der Waals surface area contributed by atoms with E-state index in [1.165, 1.54) is 0 Å². The first kappa shape index (κ1) is 13.1. The van der Waals surface area contributed by atoms with Crippen molar-refractivity contribution >= 4 is 10.1 Å². The summed E-state index contributed by atoms with van der Waals surface area (Å²) in [7, 11) is -6.10. The molecule has 0 saturated heterocycles. The van der Waals surface area contributed by atoms with Gasteiger partial charge in [-0.1, -0.05) is 6.42 Å². The molecule has 8 heteroatoms. The first-order valence-electron chi connectivity index (χ1n) is 5.30. The Hall–Kier alpha value is -0.370. The van der Waals surface area contributed by atoms with Gasteiger partial charge in [-0.25, -0.2) is 0 Å². The minimum atomic E-state index is -6.10. The van der Waals surface area contributed by atoms with Crippen LogP contribution in [0, 0.1) is 17.8 Å². The summed E-state index contributed by atoms with van der Waals surface area (Å²) >= 11 is 0. The molecule has 0 amide bonds. The number of hydrogen-bond acceptors (Lipinski definition) is 2. The Morgan fingerprint density at radius 2 is 1.65 bits per heavy atom. The predicted molar refractivity (Wildman–Crippen MR) is 50.4 cm³/mol. The molecule has 0 aromatic rings. The van der Waals surface area contributed by atoms with Crippen LogP contribution in [0.4, 0.5) is 17.6 Å². The van der Waals surface area contributed by atoms with Crippen LogP contribution in [0.25, 0.3) is 0 Å². The standard InChI is InChI=1S/C9H12F4O3S/c10-8(11,9(12,13)17(14,15)16)7-4-5-1-2-6(7)3-5/h5-7H,1-4H2,(H,14,15,16). The molecule has 0 aromatic heterocycles. The van der Waals surface area contributed by atoms with Gasteiger partial charge >= 0.3 is 21.3 Å². The molecule has 1 N–H and O–H groups in total. The van der Waals surface area contributed by atoms with E-state index in [0.29, 0.717) is 12.8 Å². The van der Waals surface area contributed by atoms with Gasteiger partial charge in [-0.15, -0.1) is 0 Å². The van der Waals surface area contributed by atoms with Gasteiger partial charge in [0.05, 0.1) is 0 Å². The van der Waals surface area contributed by atoms with E-state index in [1.54, 1.807) is 0 Å². The Balaban J connectivity index is 2.31. The summed E-state index contributed by atoms with van der Waals surface area (Å²) in [6.07, 6.45) is 1.51. The monoisotopic (exact) mass is 276 g/mol. The second kappa shape index (κ2) is 3.57. The van der Waals surface area contributed by atoms with Crippen molar-refractivity contribution in [1.29, 1.82) is 0 Å². The quantitative estimate of drug-likeness (QED) is 0.636. The second-order valence-corrected chi connectivity index (χ2v) is 6.36. The van der Waals surface area contributed by atoms with Gasteiger partial charge < -0.3 is 0 Å². The van der Waals surface area contributed by atoms with E-state index in [4.69, 9.17) is 4.55 Å². The maximum Gasteiger partial charge on any atom is 0.431 e. The molecule has 0 heterocycles. The molecule has 3 unspecified atom stereocenters. The zero-order valence-electron chi connectivity index (χ0n) is 8.74. The van der Waals surface area contributed by atoms with E-state index in [1.807, 2.05) is 0 Å². The molecule has 2 aliphatic carbocycles. The van der Waals surface area contributed by atoms with Gasteiger partial charge in [0.1, 0.15) is 0 Å². The Bertz CT molecular complexity index is 420. The van der Waals surface area contributed by atoms with E-state index in [-0.39, 0.29) is 12.3 Å². The van der Waals surface area contributed by atoms with E-state index in [0.717, 1.165) is 6.42 Å². The fraction of sp³-hybridized carbons (Fsp3) is 1.00. The summed E-state index contributed by atoms with van der Waals surface area (Å²) in [5.41, 5.74) is 0. The van der Waals surface area contributed by atoms with Gasteiger partial charge in [0.2, 0.25) is 0 Å². The normalized spacial score (nSPS) is 34.3. The van der Waals surface area contributed by atoms with E-state index < -0.39 is 33.1 Å². The van der Waals surface area contributed by atoms with Crippen molar-refractivity contribution in [1.82, 2.24) is 0 Å². The second-order valence-electron chi connectivity index (χ2n) is 4.90. The van der Waals surface area contributed by atoms with E-state index in [2.05, 4.69) is 0 Å². The van der Waals surface area contributed by atoms with Crippen LogP contribution in [0.5, 0.6) is 0 Å². The number of rotatable bonds is 3. The van der Waals surface area contributed by atoms with Crippen molar-refractivity contribution in [2.75, 3.05) is 0 Å². The molecule has 0 aliphatic heterocycles. The number of alkyl halides is 4. The summed E-state index contributed by atoms with van der Waals surface area (Å²) in [5, 5.41) is -5.41. The van der Waals surface area contributed by atoms with Crippen molar-refractivity contribution in [2.24, 2.45) is 17.8 Å². The van der Waals surface area contributed by atoms with Crippen molar-refractivity contribution in [3.05, 3.63) is 0 Å². The van der Waals surface area contributed by atoms with Gasteiger partial charge in [-0.05, 0) is 31.1 Å². The van der Waals surface area contributed by atoms with Crippen molar-refractivity contribution in [3.8, 4) is 0 Å². The lowest BCUT2D eigenvalue weighted by Gasteiger charge is -2.33. The van der Waals surface area contributed by atoms with Gasteiger partial charge in [0.25, 0.3) is 0 Å². The zero-order valence-corrected chi connectivity index (χ0v) is 9.56. The van der Waals surface area contributed by atoms with Crippen LogP contribution in [0.1, 0.15) is 25.7 Å². The van der Waals surface area contributed by atoms with E-state index in [9.17, 15) is 26.0 Å². The van der Waals surface area contributed by atoms with Crippen molar-refractivity contribution in [2.45, 2.75) is 36.9 Å². The molecule has 3 atom stereocenters. The molecule has 0 aromatic carbocycles. The fourth-order valence-electron chi connectivity index (χ4n) is 3.08. The van der Waals surface area contributed by atoms with Crippen LogP contribution in [-0.4, -0.2) is 24.1 Å². The Labute approximate surface area is 95.9 Å². The highest BCUT2D eigenvalue weighted by Crippen LogP contribution is 2.58. The molecule has 2 saturated carbocycles. The number of hydrogen-bond donors (Lipinski definition) is 1. The summed E-state index contributed by atoms with van der Waals surface area (Å²) in [5.74, 6) is -6.95. The van der Waals surface area contributed by atoms with Crippen LogP contribution in [-0.2, 0) is 10.1 Å². The molecule has 3 nitrogen and oxygen atoms in total. The smallest absolute Gasteiger partial charge is 0.281 e. The fourth-order valence-corrected chi connectivity index (χ4v) is 3.57. The minimum absolute atomic E-state index is 0.0203. The summed E-state index contributed by atoms with van der Waals surface area (Å²) in [6, 6.07) is 0. The van der Waals surface area contributed by atoms with Crippen molar-refractivity contribution < 1.29 is 30.5 Å². The average molecular weight is 276 g/mol. The Kier molecular flexibility index (Phi) is 2.74. The predicted octanol–water partition coefficient (Wildman–Crippen LogP) is 2.54. The third-order valence-corrected chi connectivity index (χ3v) is 4.84. The van der Waals surface area contributed by atoms with E-state index >= 15 is 0 Å². The molecule has 0 radical (unpaired) electrons. The Morgan fingerprint density at radius 1 is 1.06 bits per heavy atom. The average Bonchev–Trinajstić information content (AvgIpc) is 2.76. The third kappa shape index (κ3) is 1.76. The molecule has 2 aliphatic rings. The highest BCUT2D eigenvalue weighted by molar-refractivity contribution is 7.87. The number of fused-ring (bicyclic) bond motifs is 2. The molecular formula is C9H12F4O3S. The van der Waals surface area contributed by atoms with Crippen molar-refractivity contribution in [3.63, 3.8) is 0 Å². The van der Waals surface area contributed by atoms with Crippen LogP contribution in [0.15, 0.2) is 0 Å². The van der Waals surface area contributed by atoms with Gasteiger partial charge in [-0.3, -0.25) is 4.55 Å². The molecule has 100 valence electrons. The SMILES string of the molecule is O=S(=O)(O)C(F)(F)C(F)(F)C1CC2CCC1C2. The summed E-state index contributed by atoms with van der Waals surface area (Å²) < 4.78 is 82.4. The topological polar surface area (TPSA) is 54.4 Å². The molecule has 17 heavy (non-hydrogen) atoms. The lowest BCUT2D eigenvalue weighted by Crippen LogP contribution is -2.52. The zero-order chi connectivity index (χ0) is 13.1. The van der Waals surface area contributed by atoms with Crippen LogP contribution >= 0.6 is 0 Å². The highest BCUT2D eigenvalue weighted by Gasteiger charge is 2.71. The molecule has 2 bridgehead atoms. The largest absolute Gasteiger partial charge is 0.431 e. The summed E-state index contributed by atoms with van der Waals surface area (Å²) in [6.45, 7) is 0. The first-order valence-corrected chi connectivity index (χ1v) is 6.74. The number of halogens is 4. The minimum Gasteiger partial charge on any atom is -0.281 e. The molecule has 2 fully saturated rings. The lowest BCUT2D eigenvalue weighted by atomic mass is 9.84. The molecular weight excluding hydrogens is 264 g/mol. The first-order chi connectivity index (χ1) is 7.57. The van der Waals surface area contributed by atoms with Gasteiger partial charge in [0.15, 0.2) is 0 Å².